The molecule has 0 radical (unpaired) electrons. The minimum atomic E-state index is -0.273. The molecule has 0 spiro atoms. The maximum atomic E-state index is 13.2. The van der Waals surface area contributed by atoms with Gasteiger partial charge in [0, 0.05) is 42.7 Å². The topological polar surface area (TPSA) is 29.5 Å². The standard InChI is InChI=1S/C20H29NO2S/c1-20(2,14-16-8-11-23-12-9-16)19(22)21-10-13-24-18(15-21)17-6-4-3-5-7-17/h3-7,16,18H,8-15H2,1-2H3/t18-/m0/s1. The first kappa shape index (κ1) is 17.8. The second kappa shape index (κ2) is 7.92. The Bertz CT molecular complexity index is 540. The van der Waals surface area contributed by atoms with Gasteiger partial charge in [0.05, 0.1) is 0 Å². The maximum absolute atomic E-state index is 13.2. The SMILES string of the molecule is CC(C)(CC1CCOCC1)C(=O)N1CCS[C@H](c2ccccc2)C1. The molecule has 1 amide bonds. The molecule has 0 unspecified atom stereocenters. The quantitative estimate of drug-likeness (QED) is 0.819. The normalized spacial score (nSPS) is 23.2. The Hall–Kier alpha value is -1.00. The van der Waals surface area contributed by atoms with E-state index in [0.717, 1.165) is 51.3 Å². The van der Waals surface area contributed by atoms with Crippen molar-refractivity contribution in [3.8, 4) is 0 Å². The Kier molecular flexibility index (Phi) is 5.88. The molecule has 0 saturated carbocycles. The molecule has 2 saturated heterocycles. The van der Waals surface area contributed by atoms with Gasteiger partial charge >= 0.3 is 0 Å². The van der Waals surface area contributed by atoms with Crippen molar-refractivity contribution in [2.75, 3.05) is 32.1 Å². The van der Waals surface area contributed by atoms with Gasteiger partial charge in [-0.15, -0.1) is 0 Å². The van der Waals surface area contributed by atoms with E-state index in [9.17, 15) is 4.79 Å². The summed E-state index contributed by atoms with van der Waals surface area (Å²) < 4.78 is 5.46. The van der Waals surface area contributed by atoms with E-state index in [2.05, 4.69) is 49.1 Å². The van der Waals surface area contributed by atoms with Gasteiger partial charge in [-0.2, -0.15) is 11.8 Å². The van der Waals surface area contributed by atoms with Gasteiger partial charge in [0.15, 0.2) is 0 Å². The number of hydrogen-bond acceptors (Lipinski definition) is 3. The number of nitrogens with zero attached hydrogens (tertiary/aromatic N) is 1. The Morgan fingerprint density at radius 2 is 1.96 bits per heavy atom. The van der Waals surface area contributed by atoms with Crippen molar-refractivity contribution in [2.45, 2.75) is 38.4 Å². The van der Waals surface area contributed by atoms with Gasteiger partial charge in [-0.25, -0.2) is 0 Å². The van der Waals surface area contributed by atoms with Crippen LogP contribution in [-0.2, 0) is 9.53 Å². The van der Waals surface area contributed by atoms with Crippen molar-refractivity contribution in [1.29, 1.82) is 0 Å². The lowest BCUT2D eigenvalue weighted by Gasteiger charge is -2.39. The zero-order chi connectivity index (χ0) is 17.0. The molecule has 2 aliphatic heterocycles. The number of rotatable bonds is 4. The first-order valence-electron chi connectivity index (χ1n) is 9.10. The highest BCUT2D eigenvalue weighted by atomic mass is 32.2. The molecule has 132 valence electrons. The van der Waals surface area contributed by atoms with Crippen LogP contribution >= 0.6 is 11.8 Å². The van der Waals surface area contributed by atoms with Gasteiger partial charge in [0.2, 0.25) is 5.91 Å². The van der Waals surface area contributed by atoms with Crippen LogP contribution in [0.15, 0.2) is 30.3 Å². The fourth-order valence-corrected chi connectivity index (χ4v) is 5.14. The second-order valence-corrected chi connectivity index (χ2v) is 8.98. The minimum absolute atomic E-state index is 0.273. The molecule has 3 rings (SSSR count). The molecular weight excluding hydrogens is 318 g/mol. The van der Waals surface area contributed by atoms with Crippen LogP contribution in [-0.4, -0.2) is 42.9 Å². The summed E-state index contributed by atoms with van der Waals surface area (Å²) in [6, 6.07) is 10.6. The van der Waals surface area contributed by atoms with Crippen molar-refractivity contribution >= 4 is 17.7 Å². The van der Waals surface area contributed by atoms with Crippen LogP contribution in [0.1, 0.15) is 43.9 Å². The van der Waals surface area contributed by atoms with Crippen molar-refractivity contribution < 1.29 is 9.53 Å². The Labute approximate surface area is 150 Å². The number of thioether (sulfide) groups is 1. The molecule has 4 heteroatoms. The lowest BCUT2D eigenvalue weighted by Crippen LogP contribution is -2.46. The monoisotopic (exact) mass is 347 g/mol. The molecule has 1 aromatic carbocycles. The van der Waals surface area contributed by atoms with Gasteiger partial charge in [-0.05, 0) is 30.7 Å². The van der Waals surface area contributed by atoms with E-state index in [1.165, 1.54) is 5.56 Å². The molecule has 0 aliphatic carbocycles. The first-order chi connectivity index (χ1) is 11.6. The zero-order valence-corrected chi connectivity index (χ0v) is 15.7. The van der Waals surface area contributed by atoms with Crippen LogP contribution in [0.2, 0.25) is 0 Å². The highest BCUT2D eigenvalue weighted by molar-refractivity contribution is 7.99. The van der Waals surface area contributed by atoms with E-state index in [1.807, 2.05) is 11.8 Å². The van der Waals surface area contributed by atoms with E-state index >= 15 is 0 Å². The van der Waals surface area contributed by atoms with Crippen molar-refractivity contribution in [2.24, 2.45) is 11.3 Å². The molecule has 1 aromatic rings. The number of benzene rings is 1. The molecule has 1 atom stereocenters. The fourth-order valence-electron chi connectivity index (χ4n) is 3.89. The smallest absolute Gasteiger partial charge is 0.228 e. The molecule has 2 heterocycles. The summed E-state index contributed by atoms with van der Waals surface area (Å²) in [4.78, 5) is 15.3. The van der Waals surface area contributed by atoms with E-state index in [-0.39, 0.29) is 5.41 Å². The predicted octanol–water partition coefficient (Wildman–Crippen LogP) is 4.15. The molecule has 2 fully saturated rings. The summed E-state index contributed by atoms with van der Waals surface area (Å²) >= 11 is 1.97. The average molecular weight is 348 g/mol. The summed E-state index contributed by atoms with van der Waals surface area (Å²) in [6.45, 7) is 7.68. The number of hydrogen-bond donors (Lipinski definition) is 0. The van der Waals surface area contributed by atoms with Gasteiger partial charge in [0.25, 0.3) is 0 Å². The van der Waals surface area contributed by atoms with E-state index < -0.39 is 0 Å². The maximum Gasteiger partial charge on any atom is 0.228 e. The van der Waals surface area contributed by atoms with Crippen LogP contribution in [0.5, 0.6) is 0 Å². The third kappa shape index (κ3) is 4.34. The summed E-state index contributed by atoms with van der Waals surface area (Å²) in [6.07, 6.45) is 3.17. The lowest BCUT2D eigenvalue weighted by atomic mass is 9.78. The van der Waals surface area contributed by atoms with E-state index in [4.69, 9.17) is 4.74 Å². The molecular formula is C20H29NO2S. The lowest BCUT2D eigenvalue weighted by molar-refractivity contribution is -0.141. The molecule has 24 heavy (non-hydrogen) atoms. The van der Waals surface area contributed by atoms with Gasteiger partial charge in [-0.1, -0.05) is 44.2 Å². The summed E-state index contributed by atoms with van der Waals surface area (Å²) in [5, 5.41) is 0.405. The fraction of sp³-hybridized carbons (Fsp3) is 0.650. The molecule has 0 N–H and O–H groups in total. The highest BCUT2D eigenvalue weighted by Crippen LogP contribution is 2.37. The summed E-state index contributed by atoms with van der Waals surface area (Å²) in [5.74, 6) is 1.98. The van der Waals surface area contributed by atoms with Gasteiger partial charge in [-0.3, -0.25) is 4.79 Å². The van der Waals surface area contributed by atoms with Crippen LogP contribution in [0.25, 0.3) is 0 Å². The number of amides is 1. The van der Waals surface area contributed by atoms with Crippen LogP contribution < -0.4 is 0 Å². The summed E-state index contributed by atoms with van der Waals surface area (Å²) in [7, 11) is 0. The average Bonchev–Trinajstić information content (AvgIpc) is 2.62. The first-order valence-corrected chi connectivity index (χ1v) is 10.1. The van der Waals surface area contributed by atoms with Crippen molar-refractivity contribution in [1.82, 2.24) is 4.90 Å². The largest absolute Gasteiger partial charge is 0.381 e. The third-order valence-electron chi connectivity index (χ3n) is 5.24. The highest BCUT2D eigenvalue weighted by Gasteiger charge is 2.37. The van der Waals surface area contributed by atoms with E-state index in [0.29, 0.717) is 17.1 Å². The Morgan fingerprint density at radius 3 is 2.67 bits per heavy atom. The number of carbonyl (C=O) groups is 1. The summed E-state index contributed by atoms with van der Waals surface area (Å²) in [5.41, 5.74) is 1.06. The van der Waals surface area contributed by atoms with Crippen LogP contribution in [0.3, 0.4) is 0 Å². The van der Waals surface area contributed by atoms with Crippen molar-refractivity contribution in [3.63, 3.8) is 0 Å². The van der Waals surface area contributed by atoms with Crippen molar-refractivity contribution in [3.05, 3.63) is 35.9 Å². The minimum Gasteiger partial charge on any atom is -0.381 e. The molecule has 2 aliphatic rings. The van der Waals surface area contributed by atoms with E-state index in [1.54, 1.807) is 0 Å². The molecule has 3 nitrogen and oxygen atoms in total. The predicted molar refractivity (Wildman–Crippen MR) is 100 cm³/mol. The van der Waals surface area contributed by atoms with Crippen LogP contribution in [0, 0.1) is 11.3 Å². The molecule has 0 bridgehead atoms. The van der Waals surface area contributed by atoms with Gasteiger partial charge in [0.1, 0.15) is 0 Å². The van der Waals surface area contributed by atoms with Gasteiger partial charge < -0.3 is 9.64 Å². The number of ether oxygens (including phenoxy) is 1. The second-order valence-electron chi connectivity index (χ2n) is 7.67. The van der Waals surface area contributed by atoms with Crippen LogP contribution in [0.4, 0.5) is 0 Å². The third-order valence-corrected chi connectivity index (χ3v) is 6.49. The Balaban J connectivity index is 1.62. The molecule has 0 aromatic heterocycles. The zero-order valence-electron chi connectivity index (χ0n) is 14.9. The Morgan fingerprint density at radius 1 is 1.25 bits per heavy atom. The number of carbonyl (C=O) groups excluding carboxylic acids is 1.